The molecule has 3 rings (SSSR count). The Morgan fingerprint density at radius 3 is 2.40 bits per heavy atom. The van der Waals surface area contributed by atoms with Crippen molar-refractivity contribution in [1.29, 1.82) is 0 Å². The summed E-state index contributed by atoms with van der Waals surface area (Å²) in [5, 5.41) is 7.51. The van der Waals surface area contributed by atoms with Crippen LogP contribution < -0.4 is 5.32 Å². The standard InChI is InChI=1S/C17H28N2S/c1-17(2,3)14-11-20-16(19-14)15(18-13-9-10-13)12-7-5-4-6-8-12/h11-13,15,18H,4-10H2,1-3H3. The maximum Gasteiger partial charge on any atom is 0.110 e. The monoisotopic (exact) mass is 292 g/mol. The third-order valence-electron chi connectivity index (χ3n) is 4.67. The van der Waals surface area contributed by atoms with E-state index in [1.807, 2.05) is 11.3 Å². The van der Waals surface area contributed by atoms with Crippen LogP contribution in [0.25, 0.3) is 0 Å². The van der Waals surface area contributed by atoms with Crippen molar-refractivity contribution in [2.75, 3.05) is 0 Å². The van der Waals surface area contributed by atoms with Crippen LogP contribution in [0.5, 0.6) is 0 Å². The summed E-state index contributed by atoms with van der Waals surface area (Å²) < 4.78 is 0. The summed E-state index contributed by atoms with van der Waals surface area (Å²) in [5.41, 5.74) is 1.43. The summed E-state index contributed by atoms with van der Waals surface area (Å²) in [6.07, 6.45) is 9.73. The third-order valence-corrected chi connectivity index (χ3v) is 5.60. The lowest BCUT2D eigenvalue weighted by Gasteiger charge is -2.30. The smallest absolute Gasteiger partial charge is 0.110 e. The molecular weight excluding hydrogens is 264 g/mol. The van der Waals surface area contributed by atoms with Crippen LogP contribution in [0.3, 0.4) is 0 Å². The van der Waals surface area contributed by atoms with Crippen LogP contribution >= 0.6 is 11.3 Å². The topological polar surface area (TPSA) is 24.9 Å². The molecule has 1 unspecified atom stereocenters. The average molecular weight is 292 g/mol. The highest BCUT2D eigenvalue weighted by Gasteiger charge is 2.33. The van der Waals surface area contributed by atoms with Gasteiger partial charge in [-0.15, -0.1) is 11.3 Å². The molecule has 1 aromatic heterocycles. The maximum absolute atomic E-state index is 4.99. The molecule has 0 radical (unpaired) electrons. The van der Waals surface area contributed by atoms with E-state index in [-0.39, 0.29) is 5.41 Å². The SMILES string of the molecule is CC(C)(C)c1csc(C(NC2CC2)C2CCCCC2)n1. The van der Waals surface area contributed by atoms with Crippen LogP contribution in [-0.4, -0.2) is 11.0 Å². The summed E-state index contributed by atoms with van der Waals surface area (Å²) in [6.45, 7) is 6.78. The van der Waals surface area contributed by atoms with Crippen molar-refractivity contribution in [3.05, 3.63) is 16.1 Å². The molecule has 0 bridgehead atoms. The lowest BCUT2D eigenvalue weighted by atomic mass is 9.84. The van der Waals surface area contributed by atoms with Crippen molar-refractivity contribution in [3.63, 3.8) is 0 Å². The predicted octanol–water partition coefficient (Wildman–Crippen LogP) is 4.81. The highest BCUT2D eigenvalue weighted by atomic mass is 32.1. The summed E-state index contributed by atoms with van der Waals surface area (Å²) >= 11 is 1.87. The summed E-state index contributed by atoms with van der Waals surface area (Å²) in [4.78, 5) is 4.99. The average Bonchev–Trinajstić information content (AvgIpc) is 3.09. The van der Waals surface area contributed by atoms with Crippen molar-refractivity contribution in [2.24, 2.45) is 5.92 Å². The van der Waals surface area contributed by atoms with E-state index >= 15 is 0 Å². The zero-order chi connectivity index (χ0) is 14.2. The van der Waals surface area contributed by atoms with Crippen molar-refractivity contribution in [1.82, 2.24) is 10.3 Å². The molecule has 2 aliphatic rings. The Hall–Kier alpha value is -0.410. The number of hydrogen-bond acceptors (Lipinski definition) is 3. The second-order valence-corrected chi connectivity index (χ2v) is 8.53. The molecule has 2 aliphatic carbocycles. The summed E-state index contributed by atoms with van der Waals surface area (Å²) in [5.74, 6) is 0.809. The Balaban J connectivity index is 1.78. The lowest BCUT2D eigenvalue weighted by molar-refractivity contribution is 0.269. The van der Waals surface area contributed by atoms with E-state index in [0.29, 0.717) is 6.04 Å². The van der Waals surface area contributed by atoms with Crippen molar-refractivity contribution >= 4 is 11.3 Å². The van der Waals surface area contributed by atoms with Crippen LogP contribution in [-0.2, 0) is 5.41 Å². The lowest BCUT2D eigenvalue weighted by Crippen LogP contribution is -2.31. The molecule has 2 saturated carbocycles. The van der Waals surface area contributed by atoms with Crippen molar-refractivity contribution in [3.8, 4) is 0 Å². The molecule has 0 aromatic carbocycles. The second-order valence-electron chi connectivity index (χ2n) is 7.64. The fraction of sp³-hybridized carbons (Fsp3) is 0.824. The molecule has 0 saturated heterocycles. The zero-order valence-corrected chi connectivity index (χ0v) is 13.9. The first-order valence-corrected chi connectivity index (χ1v) is 9.14. The minimum atomic E-state index is 0.172. The van der Waals surface area contributed by atoms with Crippen LogP contribution in [0.2, 0.25) is 0 Å². The van der Waals surface area contributed by atoms with Gasteiger partial charge < -0.3 is 5.32 Å². The van der Waals surface area contributed by atoms with E-state index < -0.39 is 0 Å². The van der Waals surface area contributed by atoms with Gasteiger partial charge in [-0.25, -0.2) is 4.98 Å². The molecule has 1 heterocycles. The van der Waals surface area contributed by atoms with E-state index in [0.717, 1.165) is 12.0 Å². The fourth-order valence-corrected chi connectivity index (χ4v) is 4.35. The van der Waals surface area contributed by atoms with E-state index in [4.69, 9.17) is 4.98 Å². The minimum absolute atomic E-state index is 0.172. The number of aromatic nitrogens is 1. The van der Waals surface area contributed by atoms with Crippen molar-refractivity contribution < 1.29 is 0 Å². The molecule has 2 fully saturated rings. The summed E-state index contributed by atoms with van der Waals surface area (Å²) in [6, 6.07) is 1.29. The Bertz CT molecular complexity index is 436. The predicted molar refractivity (Wildman–Crippen MR) is 86.3 cm³/mol. The molecule has 1 N–H and O–H groups in total. The van der Waals surface area contributed by atoms with Gasteiger partial charge in [-0.1, -0.05) is 40.0 Å². The van der Waals surface area contributed by atoms with Gasteiger partial charge in [-0.2, -0.15) is 0 Å². The molecular formula is C17H28N2S. The molecule has 0 aliphatic heterocycles. The van der Waals surface area contributed by atoms with E-state index in [1.54, 1.807) is 0 Å². The van der Waals surface area contributed by atoms with Gasteiger partial charge >= 0.3 is 0 Å². The second kappa shape index (κ2) is 5.76. The first kappa shape index (κ1) is 14.5. The van der Waals surface area contributed by atoms with E-state index in [9.17, 15) is 0 Å². The number of rotatable bonds is 4. The Morgan fingerprint density at radius 1 is 1.15 bits per heavy atom. The maximum atomic E-state index is 4.99. The number of nitrogens with one attached hydrogen (secondary N) is 1. The molecule has 1 atom stereocenters. The van der Waals surface area contributed by atoms with Gasteiger partial charge in [0.15, 0.2) is 0 Å². The zero-order valence-electron chi connectivity index (χ0n) is 13.1. The van der Waals surface area contributed by atoms with Gasteiger partial charge in [0, 0.05) is 16.8 Å². The number of hydrogen-bond donors (Lipinski definition) is 1. The molecule has 0 spiro atoms. The highest BCUT2D eigenvalue weighted by Crippen LogP contribution is 2.39. The Kier molecular flexibility index (Phi) is 4.19. The molecule has 112 valence electrons. The van der Waals surface area contributed by atoms with Gasteiger partial charge in [0.2, 0.25) is 0 Å². The van der Waals surface area contributed by atoms with Gasteiger partial charge in [0.25, 0.3) is 0 Å². The van der Waals surface area contributed by atoms with E-state index in [1.165, 1.54) is 55.6 Å². The van der Waals surface area contributed by atoms with Gasteiger partial charge in [-0.05, 0) is 31.6 Å². The van der Waals surface area contributed by atoms with Gasteiger partial charge in [0.1, 0.15) is 5.01 Å². The molecule has 0 amide bonds. The molecule has 3 heteroatoms. The van der Waals surface area contributed by atoms with Crippen LogP contribution in [0.1, 0.15) is 82.5 Å². The van der Waals surface area contributed by atoms with Crippen LogP contribution in [0, 0.1) is 5.92 Å². The molecule has 20 heavy (non-hydrogen) atoms. The fourth-order valence-electron chi connectivity index (χ4n) is 3.16. The van der Waals surface area contributed by atoms with Crippen LogP contribution in [0.15, 0.2) is 5.38 Å². The highest BCUT2D eigenvalue weighted by molar-refractivity contribution is 7.09. The van der Waals surface area contributed by atoms with E-state index in [2.05, 4.69) is 31.5 Å². The summed E-state index contributed by atoms with van der Waals surface area (Å²) in [7, 11) is 0. The van der Waals surface area contributed by atoms with Gasteiger partial charge in [0.05, 0.1) is 11.7 Å². The molecule has 1 aromatic rings. The van der Waals surface area contributed by atoms with Crippen LogP contribution in [0.4, 0.5) is 0 Å². The Labute approximate surface area is 127 Å². The first-order chi connectivity index (χ1) is 9.54. The minimum Gasteiger partial charge on any atom is -0.305 e. The van der Waals surface area contributed by atoms with Crippen molar-refractivity contribution in [2.45, 2.75) is 83.2 Å². The number of nitrogens with zero attached hydrogens (tertiary/aromatic N) is 1. The normalized spacial score (nSPS) is 22.9. The third kappa shape index (κ3) is 3.43. The largest absolute Gasteiger partial charge is 0.305 e. The number of thiazole rings is 1. The molecule has 2 nitrogen and oxygen atoms in total. The first-order valence-electron chi connectivity index (χ1n) is 8.26. The Morgan fingerprint density at radius 2 is 1.85 bits per heavy atom. The van der Waals surface area contributed by atoms with Gasteiger partial charge in [-0.3, -0.25) is 0 Å². The quantitative estimate of drug-likeness (QED) is 0.861.